The Morgan fingerprint density at radius 2 is 2.24 bits per heavy atom. The average molecular weight is 377 g/mol. The number of aromatic nitrogens is 4. The number of hydrogen-bond acceptors (Lipinski definition) is 8. The minimum absolute atomic E-state index is 0.154. The standard InChI is InChI=1S/C15H15N5O3S2/c1-3-23-15(22)9-4-5-24-14(9)19-11(21)7-25-13-10-6-18-20(2)12(10)16-8-17-13/h4-6,8H,3,7H2,1-2H3,(H,19,21). The molecule has 0 saturated carbocycles. The molecule has 1 N–H and O–H groups in total. The molecule has 3 rings (SSSR count). The van der Waals surface area contributed by atoms with Gasteiger partial charge in [0.25, 0.3) is 0 Å². The van der Waals surface area contributed by atoms with E-state index in [1.54, 1.807) is 36.3 Å². The molecule has 0 bridgehead atoms. The third-order valence-corrected chi connectivity index (χ3v) is 5.08. The van der Waals surface area contributed by atoms with E-state index in [2.05, 4.69) is 20.4 Å². The molecule has 10 heteroatoms. The molecule has 3 aromatic heterocycles. The molecule has 0 unspecified atom stereocenters. The van der Waals surface area contributed by atoms with Crippen molar-refractivity contribution in [2.75, 3.05) is 17.7 Å². The van der Waals surface area contributed by atoms with Crippen molar-refractivity contribution in [3.63, 3.8) is 0 Å². The molecule has 0 saturated heterocycles. The van der Waals surface area contributed by atoms with Gasteiger partial charge in [0.2, 0.25) is 5.91 Å². The zero-order valence-electron chi connectivity index (χ0n) is 13.6. The summed E-state index contributed by atoms with van der Waals surface area (Å²) >= 11 is 2.57. The van der Waals surface area contributed by atoms with Gasteiger partial charge < -0.3 is 10.1 Å². The van der Waals surface area contributed by atoms with Crippen LogP contribution in [0.4, 0.5) is 5.00 Å². The largest absolute Gasteiger partial charge is 0.462 e. The van der Waals surface area contributed by atoms with Crippen molar-refractivity contribution in [1.82, 2.24) is 19.7 Å². The smallest absolute Gasteiger partial charge is 0.341 e. The van der Waals surface area contributed by atoms with Gasteiger partial charge in [-0.25, -0.2) is 14.8 Å². The molecule has 0 spiro atoms. The van der Waals surface area contributed by atoms with Crippen LogP contribution in [0.25, 0.3) is 11.0 Å². The third kappa shape index (κ3) is 3.80. The monoisotopic (exact) mass is 377 g/mol. The van der Waals surface area contributed by atoms with Gasteiger partial charge in [-0.3, -0.25) is 9.48 Å². The molecule has 0 aromatic carbocycles. The number of carbonyl (C=O) groups excluding carboxylic acids is 2. The number of ether oxygens (including phenoxy) is 1. The van der Waals surface area contributed by atoms with E-state index >= 15 is 0 Å². The van der Waals surface area contributed by atoms with Crippen molar-refractivity contribution < 1.29 is 14.3 Å². The Morgan fingerprint density at radius 3 is 3.04 bits per heavy atom. The van der Waals surface area contributed by atoms with Crippen LogP contribution >= 0.6 is 23.1 Å². The van der Waals surface area contributed by atoms with Crippen LogP contribution in [0, 0.1) is 0 Å². The summed E-state index contributed by atoms with van der Waals surface area (Å²) in [6, 6.07) is 1.63. The summed E-state index contributed by atoms with van der Waals surface area (Å²) in [5, 5.41) is 10.6. The number of carbonyl (C=O) groups is 2. The number of fused-ring (bicyclic) bond motifs is 1. The molecular formula is C15H15N5O3S2. The number of amides is 1. The quantitative estimate of drug-likeness (QED) is 0.400. The molecular weight excluding hydrogens is 362 g/mol. The number of nitrogens with one attached hydrogen (secondary N) is 1. The molecule has 0 aliphatic rings. The maximum absolute atomic E-state index is 12.2. The van der Waals surface area contributed by atoms with Crippen molar-refractivity contribution in [2.24, 2.45) is 7.05 Å². The molecule has 0 aliphatic heterocycles. The molecule has 0 aliphatic carbocycles. The fourth-order valence-corrected chi connectivity index (χ4v) is 3.68. The number of thiophene rings is 1. The zero-order valence-corrected chi connectivity index (χ0v) is 15.2. The van der Waals surface area contributed by atoms with E-state index in [0.29, 0.717) is 21.2 Å². The summed E-state index contributed by atoms with van der Waals surface area (Å²) in [6.07, 6.45) is 3.12. The van der Waals surface area contributed by atoms with E-state index in [0.717, 1.165) is 5.39 Å². The Morgan fingerprint density at radius 1 is 1.40 bits per heavy atom. The van der Waals surface area contributed by atoms with E-state index in [4.69, 9.17) is 4.74 Å². The van der Waals surface area contributed by atoms with Crippen LogP contribution in [-0.4, -0.2) is 44.0 Å². The zero-order chi connectivity index (χ0) is 17.8. The van der Waals surface area contributed by atoms with Gasteiger partial charge in [-0.1, -0.05) is 11.8 Å². The van der Waals surface area contributed by atoms with E-state index < -0.39 is 5.97 Å². The third-order valence-electron chi connectivity index (χ3n) is 3.25. The number of nitrogens with zero attached hydrogens (tertiary/aromatic N) is 4. The van der Waals surface area contributed by atoms with E-state index in [-0.39, 0.29) is 18.3 Å². The first kappa shape index (κ1) is 17.4. The van der Waals surface area contributed by atoms with E-state index in [9.17, 15) is 9.59 Å². The molecule has 0 fully saturated rings. The van der Waals surface area contributed by atoms with Crippen LogP contribution in [0.3, 0.4) is 0 Å². The highest BCUT2D eigenvalue weighted by Crippen LogP contribution is 2.26. The molecule has 8 nitrogen and oxygen atoms in total. The molecule has 1 amide bonds. The summed E-state index contributed by atoms with van der Waals surface area (Å²) in [4.78, 5) is 32.4. The highest BCUT2D eigenvalue weighted by Gasteiger charge is 2.17. The van der Waals surface area contributed by atoms with Crippen molar-refractivity contribution in [2.45, 2.75) is 11.9 Å². The van der Waals surface area contributed by atoms with Gasteiger partial charge in [0, 0.05) is 7.05 Å². The Labute approximate surface area is 151 Å². The fraction of sp³-hybridized carbons (Fsp3) is 0.267. The summed E-state index contributed by atoms with van der Waals surface area (Å²) in [5.41, 5.74) is 1.07. The Balaban J connectivity index is 1.66. The minimum Gasteiger partial charge on any atom is -0.462 e. The normalized spacial score (nSPS) is 10.8. The van der Waals surface area contributed by atoms with Gasteiger partial charge in [-0.2, -0.15) is 5.10 Å². The van der Waals surface area contributed by atoms with Gasteiger partial charge in [0.1, 0.15) is 16.4 Å². The molecule has 25 heavy (non-hydrogen) atoms. The van der Waals surface area contributed by atoms with Crippen LogP contribution in [-0.2, 0) is 16.6 Å². The first-order chi connectivity index (χ1) is 12.1. The van der Waals surface area contributed by atoms with Crippen LogP contribution < -0.4 is 5.32 Å². The molecule has 3 heterocycles. The maximum Gasteiger partial charge on any atom is 0.341 e. The van der Waals surface area contributed by atoms with Crippen LogP contribution in [0.1, 0.15) is 17.3 Å². The fourth-order valence-electron chi connectivity index (χ4n) is 2.13. The Bertz CT molecular complexity index is 921. The van der Waals surface area contributed by atoms with Crippen molar-refractivity contribution in [3.8, 4) is 0 Å². The summed E-state index contributed by atoms with van der Waals surface area (Å²) in [7, 11) is 1.80. The molecule has 0 atom stereocenters. The number of anilines is 1. The first-order valence-electron chi connectivity index (χ1n) is 7.40. The second kappa shape index (κ2) is 7.62. The van der Waals surface area contributed by atoms with E-state index in [1.165, 1.54) is 29.4 Å². The lowest BCUT2D eigenvalue weighted by atomic mass is 10.3. The average Bonchev–Trinajstić information content (AvgIpc) is 3.21. The first-order valence-corrected chi connectivity index (χ1v) is 9.26. The van der Waals surface area contributed by atoms with Crippen LogP contribution in [0.15, 0.2) is 29.0 Å². The summed E-state index contributed by atoms with van der Waals surface area (Å²) < 4.78 is 6.62. The number of thioether (sulfide) groups is 1. The molecule has 0 radical (unpaired) electrons. The van der Waals surface area contributed by atoms with Gasteiger partial charge in [-0.05, 0) is 18.4 Å². The van der Waals surface area contributed by atoms with E-state index in [1.807, 2.05) is 0 Å². The lowest BCUT2D eigenvalue weighted by molar-refractivity contribution is -0.113. The molecule has 3 aromatic rings. The van der Waals surface area contributed by atoms with Crippen molar-refractivity contribution >= 4 is 51.0 Å². The highest BCUT2D eigenvalue weighted by atomic mass is 32.2. The van der Waals surface area contributed by atoms with Crippen LogP contribution in [0.5, 0.6) is 0 Å². The predicted octanol–water partition coefficient (Wildman–Crippen LogP) is 2.33. The minimum atomic E-state index is -0.445. The maximum atomic E-state index is 12.2. The second-order valence-electron chi connectivity index (χ2n) is 4.91. The Hall–Kier alpha value is -2.46. The number of hydrogen-bond donors (Lipinski definition) is 1. The van der Waals surface area contributed by atoms with Crippen LogP contribution in [0.2, 0.25) is 0 Å². The van der Waals surface area contributed by atoms with Crippen molar-refractivity contribution in [3.05, 3.63) is 29.5 Å². The summed E-state index contributed by atoms with van der Waals surface area (Å²) in [6.45, 7) is 2.02. The summed E-state index contributed by atoms with van der Waals surface area (Å²) in [5.74, 6) is -0.519. The van der Waals surface area contributed by atoms with Crippen molar-refractivity contribution in [1.29, 1.82) is 0 Å². The predicted molar refractivity (Wildman–Crippen MR) is 95.9 cm³/mol. The molecule has 130 valence electrons. The van der Waals surface area contributed by atoms with Gasteiger partial charge in [0.05, 0.1) is 29.5 Å². The lowest BCUT2D eigenvalue weighted by Crippen LogP contribution is -2.16. The SMILES string of the molecule is CCOC(=O)c1ccsc1NC(=O)CSc1ncnc2c1cnn2C. The second-order valence-corrected chi connectivity index (χ2v) is 6.79. The van der Waals surface area contributed by atoms with Gasteiger partial charge in [0.15, 0.2) is 5.65 Å². The highest BCUT2D eigenvalue weighted by molar-refractivity contribution is 8.00. The number of aryl methyl sites for hydroxylation is 1. The van der Waals surface area contributed by atoms with Gasteiger partial charge in [-0.15, -0.1) is 11.3 Å². The lowest BCUT2D eigenvalue weighted by Gasteiger charge is -2.06. The Kier molecular flexibility index (Phi) is 5.29. The topological polar surface area (TPSA) is 99.0 Å². The number of rotatable bonds is 6. The number of esters is 1. The van der Waals surface area contributed by atoms with Gasteiger partial charge >= 0.3 is 5.97 Å².